The van der Waals surface area contributed by atoms with Gasteiger partial charge in [-0.25, -0.2) is 9.59 Å². The molecule has 256 valence electrons. The lowest BCUT2D eigenvalue weighted by Gasteiger charge is -2.40. The number of hydrogen-bond donors (Lipinski definition) is 1. The van der Waals surface area contributed by atoms with Gasteiger partial charge >= 0.3 is 30.6 Å². The molecule has 0 radical (unpaired) electrons. The number of halogens is 9. The number of fused-ring (bicyclic) bond motifs is 1. The lowest BCUT2D eigenvalue weighted by atomic mass is 9.89. The van der Waals surface area contributed by atoms with Crippen molar-refractivity contribution in [3.8, 4) is 0 Å². The van der Waals surface area contributed by atoms with Crippen molar-refractivity contribution in [2.45, 2.75) is 70.6 Å². The molecule has 3 aromatic rings. The van der Waals surface area contributed by atoms with E-state index in [-0.39, 0.29) is 37.0 Å². The minimum Gasteiger partial charge on any atom is -0.461 e. The quantitative estimate of drug-likeness (QED) is 0.188. The number of nitrogens with one attached hydrogen (secondary N) is 1. The lowest BCUT2D eigenvalue weighted by Crippen LogP contribution is -2.46. The fraction of sp³-hybridized carbons (Fsp3) is 0.433. The van der Waals surface area contributed by atoms with Crippen molar-refractivity contribution >= 4 is 23.8 Å². The van der Waals surface area contributed by atoms with Crippen LogP contribution in [0, 0.1) is 0 Å². The number of esters is 1. The number of amides is 1. The van der Waals surface area contributed by atoms with E-state index in [4.69, 9.17) is 13.9 Å². The number of alkyl halides is 9. The number of nitrogens with zero attached hydrogens (tertiary/aromatic N) is 2. The van der Waals surface area contributed by atoms with Gasteiger partial charge in [0.05, 0.1) is 41.6 Å². The molecule has 1 amide bonds. The van der Waals surface area contributed by atoms with Crippen LogP contribution in [0.3, 0.4) is 0 Å². The number of benzene rings is 2. The molecular weight excluding hydrogens is 653 g/mol. The summed E-state index contributed by atoms with van der Waals surface area (Å²) in [5.41, 5.74) is -5.22. The number of carbonyl (C=O) groups excluding carboxylic acids is 2. The molecule has 17 heteroatoms. The zero-order valence-electron chi connectivity index (χ0n) is 25.0. The maximum atomic E-state index is 13.7. The van der Waals surface area contributed by atoms with Gasteiger partial charge in [0, 0.05) is 12.5 Å². The Labute approximate surface area is 261 Å². The molecule has 1 aliphatic heterocycles. The topological polar surface area (TPSA) is 93.9 Å². The summed E-state index contributed by atoms with van der Waals surface area (Å²) < 4.78 is 138. The summed E-state index contributed by atoms with van der Waals surface area (Å²) in [5.74, 6) is -1.57. The van der Waals surface area contributed by atoms with Gasteiger partial charge in [-0.05, 0) is 74.2 Å². The van der Waals surface area contributed by atoms with Crippen molar-refractivity contribution in [1.82, 2.24) is 4.98 Å². The van der Waals surface area contributed by atoms with E-state index >= 15 is 0 Å². The monoisotopic (exact) mass is 681 g/mol. The average Bonchev–Trinajstić information content (AvgIpc) is 3.37. The van der Waals surface area contributed by atoms with Gasteiger partial charge in [0.2, 0.25) is 0 Å². The smallest absolute Gasteiger partial charge is 0.416 e. The molecular formula is C30H28F9N3O5. The van der Waals surface area contributed by atoms with E-state index in [2.05, 4.69) is 10.3 Å². The summed E-state index contributed by atoms with van der Waals surface area (Å²) >= 11 is 0. The first kappa shape index (κ1) is 35.4. The van der Waals surface area contributed by atoms with Crippen LogP contribution in [-0.4, -0.2) is 36.3 Å². The van der Waals surface area contributed by atoms with Crippen molar-refractivity contribution in [3.05, 3.63) is 75.7 Å². The second kappa shape index (κ2) is 13.4. The fourth-order valence-electron chi connectivity index (χ4n) is 5.20. The minimum atomic E-state index is -5.13. The molecule has 1 aliphatic rings. The van der Waals surface area contributed by atoms with E-state index in [0.717, 1.165) is 18.2 Å². The van der Waals surface area contributed by atoms with Gasteiger partial charge in [0.15, 0.2) is 5.69 Å². The Morgan fingerprint density at radius 2 is 1.47 bits per heavy atom. The van der Waals surface area contributed by atoms with Crippen LogP contribution in [0.5, 0.6) is 0 Å². The summed E-state index contributed by atoms with van der Waals surface area (Å²) in [6.45, 7) is 4.56. The number of anilines is 2. The second-order valence-electron chi connectivity index (χ2n) is 10.4. The second-order valence-corrected chi connectivity index (χ2v) is 10.4. The average molecular weight is 682 g/mol. The Morgan fingerprint density at radius 3 is 2.00 bits per heavy atom. The molecule has 0 unspecified atom stereocenters. The predicted molar refractivity (Wildman–Crippen MR) is 148 cm³/mol. The van der Waals surface area contributed by atoms with Crippen molar-refractivity contribution in [2.75, 3.05) is 23.4 Å². The Balaban J connectivity index is 1.79. The Bertz CT molecular complexity index is 1580. The van der Waals surface area contributed by atoms with E-state index in [1.807, 2.05) is 0 Å². The van der Waals surface area contributed by atoms with E-state index in [1.54, 1.807) is 13.8 Å². The summed E-state index contributed by atoms with van der Waals surface area (Å²) in [7, 11) is 0. The van der Waals surface area contributed by atoms with E-state index in [1.165, 1.54) is 11.8 Å². The summed E-state index contributed by atoms with van der Waals surface area (Å²) in [4.78, 5) is 30.8. The molecule has 2 aromatic carbocycles. The minimum absolute atomic E-state index is 0.00134. The highest BCUT2D eigenvalue weighted by atomic mass is 19.4. The number of aromatic nitrogens is 1. The molecule has 1 aromatic heterocycles. The summed E-state index contributed by atoms with van der Waals surface area (Å²) in [6, 6.07) is 1.52. The predicted octanol–water partition coefficient (Wildman–Crippen LogP) is 8.80. The van der Waals surface area contributed by atoms with Gasteiger partial charge in [-0.3, -0.25) is 4.90 Å². The Morgan fingerprint density at radius 1 is 0.872 bits per heavy atom. The molecule has 47 heavy (non-hydrogen) atoms. The van der Waals surface area contributed by atoms with Crippen molar-refractivity contribution < 1.29 is 63.0 Å². The third-order valence-corrected chi connectivity index (χ3v) is 7.27. The first-order valence-electron chi connectivity index (χ1n) is 14.3. The van der Waals surface area contributed by atoms with Gasteiger partial charge in [-0.2, -0.15) is 44.5 Å². The largest absolute Gasteiger partial charge is 0.461 e. The fourth-order valence-corrected chi connectivity index (χ4v) is 5.20. The van der Waals surface area contributed by atoms with Crippen molar-refractivity contribution in [3.63, 3.8) is 0 Å². The molecule has 2 heterocycles. The summed E-state index contributed by atoms with van der Waals surface area (Å²) in [6.07, 6.45) is -16.2. The summed E-state index contributed by atoms with van der Waals surface area (Å²) in [5, 5.41) is 2.79. The standard InChI is InChI=1S/C30H28F9N3O5/c1-4-19-14-21(20-13-16(28(31,32)33)7-8-22(20)42(19)27(44)46-6-3)40-26-41-24(25(43)45-5-2)23(47-26)11-15-9-17(29(34,35)36)12-18(10-15)30(37,38)39/h7-10,12-13,19,21H,4-6,11,14H2,1-3H3,(H,40,41)/t19-,21+/m1/s1. The van der Waals surface area contributed by atoms with Gasteiger partial charge in [0.1, 0.15) is 5.76 Å². The number of rotatable bonds is 8. The molecule has 0 spiro atoms. The van der Waals surface area contributed by atoms with Crippen LogP contribution >= 0.6 is 0 Å². The highest BCUT2D eigenvalue weighted by Crippen LogP contribution is 2.44. The zero-order chi connectivity index (χ0) is 34.9. The van der Waals surface area contributed by atoms with Gasteiger partial charge in [-0.15, -0.1) is 0 Å². The van der Waals surface area contributed by atoms with Crippen molar-refractivity contribution in [1.29, 1.82) is 0 Å². The normalized spacial score (nSPS) is 16.9. The van der Waals surface area contributed by atoms with Crippen LogP contribution in [-0.2, 0) is 34.4 Å². The first-order chi connectivity index (χ1) is 21.9. The Hall–Kier alpha value is -4.44. The van der Waals surface area contributed by atoms with Crippen LogP contribution in [0.1, 0.15) is 83.7 Å². The number of ether oxygens (including phenoxy) is 2. The lowest BCUT2D eigenvalue weighted by molar-refractivity contribution is -0.143. The maximum Gasteiger partial charge on any atom is 0.416 e. The van der Waals surface area contributed by atoms with Crippen LogP contribution in [0.15, 0.2) is 40.8 Å². The highest BCUT2D eigenvalue weighted by molar-refractivity contribution is 5.91. The van der Waals surface area contributed by atoms with Gasteiger partial charge < -0.3 is 19.2 Å². The SMILES string of the molecule is CCOC(=O)c1nc(N[C@H]2C[C@@H](CC)N(C(=O)OCC)c3ccc(C(F)(F)F)cc32)oc1Cc1cc(C(F)(F)F)cc(C(F)(F)F)c1. The van der Waals surface area contributed by atoms with Crippen LogP contribution in [0.4, 0.5) is 56.0 Å². The molecule has 1 N–H and O–H groups in total. The molecule has 0 saturated carbocycles. The molecule has 0 fully saturated rings. The number of hydrogen-bond acceptors (Lipinski definition) is 7. The van der Waals surface area contributed by atoms with Crippen LogP contribution in [0.25, 0.3) is 0 Å². The zero-order valence-corrected chi connectivity index (χ0v) is 25.0. The van der Waals surface area contributed by atoms with E-state index < -0.39 is 88.8 Å². The molecule has 0 aliphatic carbocycles. The molecule has 8 nitrogen and oxygen atoms in total. The third-order valence-electron chi connectivity index (χ3n) is 7.27. The van der Waals surface area contributed by atoms with Gasteiger partial charge in [0.25, 0.3) is 6.01 Å². The van der Waals surface area contributed by atoms with E-state index in [0.29, 0.717) is 18.6 Å². The molecule has 2 atom stereocenters. The Kier molecular flexibility index (Phi) is 10.1. The van der Waals surface area contributed by atoms with Crippen LogP contribution < -0.4 is 10.2 Å². The van der Waals surface area contributed by atoms with E-state index in [9.17, 15) is 49.1 Å². The first-order valence-corrected chi connectivity index (χ1v) is 14.3. The third kappa shape index (κ3) is 7.93. The maximum absolute atomic E-state index is 13.7. The van der Waals surface area contributed by atoms with Crippen LogP contribution in [0.2, 0.25) is 0 Å². The van der Waals surface area contributed by atoms with Crippen molar-refractivity contribution in [2.24, 2.45) is 0 Å². The molecule has 4 rings (SSSR count). The number of carbonyl (C=O) groups is 2. The van der Waals surface area contributed by atoms with Gasteiger partial charge in [-0.1, -0.05) is 6.92 Å². The number of oxazole rings is 1. The molecule has 0 saturated heterocycles. The highest BCUT2D eigenvalue weighted by Gasteiger charge is 2.40. The molecule has 0 bridgehead atoms.